The Kier molecular flexibility index (Phi) is 4.86. The standard InChI is InChI=1S/C27H29FN6O2/c1-13(29)27(35)36-7-6-34-21-5-4-16(9-17(21)11-31-34)25-23-15-3-2-14(8-15)22(23)24-18-12-30-33-20(18)10-19(28)26(24)32-25/h4-5,9-15,22-23,25,32H,2-3,6-8,29H2,1H3,(H,30,33)/t13?,14?,15?,22-,23+,25-/m0/s1. The van der Waals surface area contributed by atoms with Gasteiger partial charge in [0.1, 0.15) is 18.5 Å². The van der Waals surface area contributed by atoms with Crippen molar-refractivity contribution in [2.45, 2.75) is 50.7 Å². The van der Waals surface area contributed by atoms with E-state index in [1.54, 1.807) is 13.0 Å². The van der Waals surface area contributed by atoms with Gasteiger partial charge in [0.05, 0.1) is 41.7 Å². The van der Waals surface area contributed by atoms with E-state index in [1.807, 2.05) is 17.1 Å². The summed E-state index contributed by atoms with van der Waals surface area (Å²) < 4.78 is 22.4. The van der Waals surface area contributed by atoms with Gasteiger partial charge in [0, 0.05) is 16.8 Å². The number of hydrogen-bond donors (Lipinski definition) is 3. The van der Waals surface area contributed by atoms with E-state index >= 15 is 4.39 Å². The highest BCUT2D eigenvalue weighted by atomic mass is 19.1. The van der Waals surface area contributed by atoms with Crippen LogP contribution in [0.3, 0.4) is 0 Å². The normalized spacial score (nSPS) is 27.1. The molecule has 3 heterocycles. The number of aromatic nitrogens is 4. The number of rotatable bonds is 5. The van der Waals surface area contributed by atoms with Crippen molar-refractivity contribution in [2.75, 3.05) is 11.9 Å². The SMILES string of the molecule is CC(N)C(=O)OCCn1ncc2cc([C@@H]3Nc4c(F)cc5[nH]ncc5c4[C@H]4C5CCC(C5)[C@@H]34)ccc21. The third-order valence-electron chi connectivity index (χ3n) is 8.68. The summed E-state index contributed by atoms with van der Waals surface area (Å²) in [5.74, 6) is 1.34. The smallest absolute Gasteiger partial charge is 0.322 e. The van der Waals surface area contributed by atoms with Gasteiger partial charge >= 0.3 is 5.97 Å². The van der Waals surface area contributed by atoms with Crippen molar-refractivity contribution in [3.05, 3.63) is 53.6 Å². The summed E-state index contributed by atoms with van der Waals surface area (Å²) in [6, 6.07) is 7.33. The summed E-state index contributed by atoms with van der Waals surface area (Å²) in [5, 5.41) is 17.4. The van der Waals surface area contributed by atoms with Crippen molar-refractivity contribution in [1.82, 2.24) is 20.0 Å². The molecule has 8 nitrogen and oxygen atoms in total. The Morgan fingerprint density at radius 3 is 3.00 bits per heavy atom. The van der Waals surface area contributed by atoms with Crippen LogP contribution in [0.5, 0.6) is 0 Å². The number of hydrogen-bond acceptors (Lipinski definition) is 6. The van der Waals surface area contributed by atoms with E-state index in [9.17, 15) is 4.79 Å². The fourth-order valence-electron chi connectivity index (χ4n) is 7.22. The molecule has 2 aliphatic carbocycles. The first-order valence-corrected chi connectivity index (χ1v) is 12.8. The highest BCUT2D eigenvalue weighted by molar-refractivity contribution is 5.89. The Bertz CT molecular complexity index is 1490. The van der Waals surface area contributed by atoms with Crippen molar-refractivity contribution < 1.29 is 13.9 Å². The highest BCUT2D eigenvalue weighted by Gasteiger charge is 2.54. The van der Waals surface area contributed by atoms with Gasteiger partial charge in [-0.15, -0.1) is 0 Å². The molecule has 6 atom stereocenters. The highest BCUT2D eigenvalue weighted by Crippen LogP contribution is 2.64. The van der Waals surface area contributed by atoms with Gasteiger partial charge in [-0.3, -0.25) is 14.6 Å². The summed E-state index contributed by atoms with van der Waals surface area (Å²) in [6.45, 7) is 2.28. The minimum absolute atomic E-state index is 0.0383. The molecule has 3 unspecified atom stereocenters. The summed E-state index contributed by atoms with van der Waals surface area (Å²) in [4.78, 5) is 11.7. The van der Waals surface area contributed by atoms with Crippen LogP contribution in [0.4, 0.5) is 10.1 Å². The van der Waals surface area contributed by atoms with Gasteiger partial charge in [-0.2, -0.15) is 10.2 Å². The molecule has 0 saturated heterocycles. The van der Waals surface area contributed by atoms with Gasteiger partial charge in [-0.25, -0.2) is 4.39 Å². The Balaban J connectivity index is 1.23. The van der Waals surface area contributed by atoms with E-state index in [-0.39, 0.29) is 18.5 Å². The Hall–Kier alpha value is -3.46. The van der Waals surface area contributed by atoms with Crippen LogP contribution in [0.25, 0.3) is 21.8 Å². The molecule has 2 fully saturated rings. The molecular formula is C27H29FN6O2. The van der Waals surface area contributed by atoms with E-state index < -0.39 is 12.0 Å². The minimum Gasteiger partial charge on any atom is -0.463 e. The van der Waals surface area contributed by atoms with Crippen LogP contribution in [-0.4, -0.2) is 38.6 Å². The lowest BCUT2D eigenvalue weighted by Gasteiger charge is -2.43. The maximum absolute atomic E-state index is 15.4. The Morgan fingerprint density at radius 2 is 2.14 bits per heavy atom. The van der Waals surface area contributed by atoms with Gasteiger partial charge in [0.25, 0.3) is 0 Å². The quantitative estimate of drug-likeness (QED) is 0.363. The van der Waals surface area contributed by atoms with Crippen LogP contribution in [0.2, 0.25) is 0 Å². The number of anilines is 1. The topological polar surface area (TPSA) is 111 Å². The molecule has 36 heavy (non-hydrogen) atoms. The molecule has 4 aromatic rings. The molecule has 2 aromatic carbocycles. The van der Waals surface area contributed by atoms with Crippen LogP contribution in [-0.2, 0) is 16.1 Å². The number of nitrogens with zero attached hydrogens (tertiary/aromatic N) is 3. The molecular weight excluding hydrogens is 459 g/mol. The molecule has 3 aliphatic rings. The summed E-state index contributed by atoms with van der Waals surface area (Å²) >= 11 is 0. The number of benzene rings is 2. The first-order valence-electron chi connectivity index (χ1n) is 12.8. The Labute approximate surface area is 207 Å². The zero-order valence-electron chi connectivity index (χ0n) is 20.1. The van der Waals surface area contributed by atoms with Crippen LogP contribution >= 0.6 is 0 Å². The second kappa shape index (κ2) is 8.03. The van der Waals surface area contributed by atoms with E-state index in [2.05, 4.69) is 38.8 Å². The number of esters is 1. The van der Waals surface area contributed by atoms with Crippen molar-refractivity contribution in [1.29, 1.82) is 0 Å². The number of halogens is 1. The van der Waals surface area contributed by atoms with Crippen LogP contribution in [0, 0.1) is 23.6 Å². The molecule has 0 spiro atoms. The maximum Gasteiger partial charge on any atom is 0.322 e. The second-order valence-corrected chi connectivity index (χ2v) is 10.7. The lowest BCUT2D eigenvalue weighted by molar-refractivity contribution is -0.145. The van der Waals surface area contributed by atoms with E-state index in [1.165, 1.54) is 19.3 Å². The molecule has 1 aliphatic heterocycles. The average Bonchev–Trinajstić information content (AvgIpc) is 3.67. The van der Waals surface area contributed by atoms with E-state index in [0.717, 1.165) is 32.9 Å². The fraction of sp³-hybridized carbons (Fsp3) is 0.444. The molecule has 2 saturated carbocycles. The second-order valence-electron chi connectivity index (χ2n) is 10.7. The van der Waals surface area contributed by atoms with E-state index in [0.29, 0.717) is 35.9 Å². The lowest BCUT2D eigenvalue weighted by Crippen LogP contribution is -2.36. The van der Waals surface area contributed by atoms with Crippen molar-refractivity contribution in [3.63, 3.8) is 0 Å². The Morgan fingerprint density at radius 1 is 1.28 bits per heavy atom. The lowest BCUT2D eigenvalue weighted by atomic mass is 9.67. The first-order chi connectivity index (χ1) is 17.5. The predicted octanol–water partition coefficient (Wildman–Crippen LogP) is 4.24. The molecule has 4 N–H and O–H groups in total. The number of H-pyrrole nitrogens is 1. The number of carbonyl (C=O) groups excluding carboxylic acids is 1. The number of ether oxygens (including phenoxy) is 1. The molecule has 0 radical (unpaired) electrons. The summed E-state index contributed by atoms with van der Waals surface area (Å²) in [7, 11) is 0. The van der Waals surface area contributed by atoms with Crippen molar-refractivity contribution in [3.8, 4) is 0 Å². The average molecular weight is 489 g/mol. The van der Waals surface area contributed by atoms with Crippen molar-refractivity contribution >= 4 is 33.5 Å². The van der Waals surface area contributed by atoms with Crippen LogP contribution < -0.4 is 11.1 Å². The molecule has 7 rings (SSSR count). The first kappa shape index (κ1) is 21.8. The molecule has 0 amide bonds. The van der Waals surface area contributed by atoms with Gasteiger partial charge in [-0.05, 0) is 73.1 Å². The summed E-state index contributed by atoms with van der Waals surface area (Å²) in [6.07, 6.45) is 7.36. The number of fused-ring (bicyclic) bond motifs is 10. The zero-order chi connectivity index (χ0) is 24.6. The van der Waals surface area contributed by atoms with Crippen LogP contribution in [0.1, 0.15) is 49.3 Å². The minimum atomic E-state index is -0.640. The van der Waals surface area contributed by atoms with Crippen molar-refractivity contribution in [2.24, 2.45) is 23.5 Å². The summed E-state index contributed by atoms with van der Waals surface area (Å²) in [5.41, 5.74) is 10.2. The molecule has 2 bridgehead atoms. The number of carbonyl (C=O) groups is 1. The molecule has 2 aromatic heterocycles. The van der Waals surface area contributed by atoms with Gasteiger partial charge < -0.3 is 15.8 Å². The third kappa shape index (κ3) is 3.18. The number of nitrogens with one attached hydrogen (secondary N) is 2. The maximum atomic E-state index is 15.4. The third-order valence-corrected chi connectivity index (χ3v) is 8.68. The predicted molar refractivity (Wildman–Crippen MR) is 134 cm³/mol. The monoisotopic (exact) mass is 488 g/mol. The number of nitrogens with two attached hydrogens (primary N) is 1. The number of aromatic amines is 1. The van der Waals surface area contributed by atoms with Gasteiger partial charge in [0.15, 0.2) is 0 Å². The van der Waals surface area contributed by atoms with Gasteiger partial charge in [0.2, 0.25) is 0 Å². The zero-order valence-corrected chi connectivity index (χ0v) is 20.1. The fourth-order valence-corrected chi connectivity index (χ4v) is 7.22. The largest absolute Gasteiger partial charge is 0.463 e. The van der Waals surface area contributed by atoms with Crippen LogP contribution in [0.15, 0.2) is 36.7 Å². The molecule has 186 valence electrons. The van der Waals surface area contributed by atoms with E-state index in [4.69, 9.17) is 10.5 Å². The molecule has 9 heteroatoms. The van der Waals surface area contributed by atoms with Gasteiger partial charge in [-0.1, -0.05) is 6.07 Å².